The molecule has 8 heteroatoms. The van der Waals surface area contributed by atoms with Crippen LogP contribution in [0.15, 0.2) is 24.3 Å². The fourth-order valence-corrected chi connectivity index (χ4v) is 1.40. The SMILES string of the molecule is CC(NC(=O)C(F)(F)F)c1ccccc1OC(F)F. The summed E-state index contributed by atoms with van der Waals surface area (Å²) in [6.45, 7) is -1.87. The second-order valence-electron chi connectivity index (χ2n) is 3.61. The highest BCUT2D eigenvalue weighted by Gasteiger charge is 2.39. The van der Waals surface area contributed by atoms with E-state index in [1.165, 1.54) is 31.2 Å². The lowest BCUT2D eigenvalue weighted by Crippen LogP contribution is -2.38. The third kappa shape index (κ3) is 4.38. The molecule has 0 saturated heterocycles. The average molecular weight is 283 g/mol. The first-order valence-electron chi connectivity index (χ1n) is 5.13. The molecular formula is C11H10F5NO2. The lowest BCUT2D eigenvalue weighted by molar-refractivity contribution is -0.174. The van der Waals surface area contributed by atoms with Crippen LogP contribution in [0.3, 0.4) is 0 Å². The second-order valence-corrected chi connectivity index (χ2v) is 3.61. The molecule has 0 fully saturated rings. The van der Waals surface area contributed by atoms with E-state index < -0.39 is 24.7 Å². The Balaban J connectivity index is 2.88. The molecule has 3 nitrogen and oxygen atoms in total. The monoisotopic (exact) mass is 283 g/mol. The van der Waals surface area contributed by atoms with Gasteiger partial charge in [-0.25, -0.2) is 0 Å². The van der Waals surface area contributed by atoms with Crippen LogP contribution in [0, 0.1) is 0 Å². The lowest BCUT2D eigenvalue weighted by atomic mass is 10.1. The van der Waals surface area contributed by atoms with Gasteiger partial charge in [0.2, 0.25) is 0 Å². The molecule has 0 aliphatic carbocycles. The van der Waals surface area contributed by atoms with Crippen LogP contribution in [0.5, 0.6) is 5.75 Å². The van der Waals surface area contributed by atoms with Crippen LogP contribution in [0.1, 0.15) is 18.5 Å². The van der Waals surface area contributed by atoms with Gasteiger partial charge in [0.05, 0.1) is 6.04 Å². The van der Waals surface area contributed by atoms with Gasteiger partial charge in [0, 0.05) is 5.56 Å². The first-order valence-corrected chi connectivity index (χ1v) is 5.13. The summed E-state index contributed by atoms with van der Waals surface area (Å²) in [4.78, 5) is 10.8. The molecule has 1 aromatic rings. The van der Waals surface area contributed by atoms with Crippen molar-refractivity contribution in [1.29, 1.82) is 0 Å². The summed E-state index contributed by atoms with van der Waals surface area (Å²) < 4.78 is 64.6. The van der Waals surface area contributed by atoms with Gasteiger partial charge in [-0.1, -0.05) is 18.2 Å². The highest BCUT2D eigenvalue weighted by atomic mass is 19.4. The van der Waals surface area contributed by atoms with Crippen molar-refractivity contribution < 1.29 is 31.5 Å². The van der Waals surface area contributed by atoms with Crippen LogP contribution in [0.25, 0.3) is 0 Å². The minimum absolute atomic E-state index is 0.0281. The van der Waals surface area contributed by atoms with Crippen molar-refractivity contribution >= 4 is 5.91 Å². The standard InChI is InChI=1S/C11H10F5NO2/c1-6(17-9(18)11(14,15)16)7-4-2-3-5-8(7)19-10(12)13/h2-6,10H,1H3,(H,17,18). The van der Waals surface area contributed by atoms with E-state index in [9.17, 15) is 26.7 Å². The zero-order chi connectivity index (χ0) is 14.6. The molecule has 1 unspecified atom stereocenters. The summed E-state index contributed by atoms with van der Waals surface area (Å²) in [7, 11) is 0. The van der Waals surface area contributed by atoms with Crippen LogP contribution in [-0.2, 0) is 4.79 Å². The van der Waals surface area contributed by atoms with E-state index in [0.29, 0.717) is 0 Å². The van der Waals surface area contributed by atoms with Crippen molar-refractivity contribution in [3.8, 4) is 5.75 Å². The van der Waals surface area contributed by atoms with Gasteiger partial charge in [-0.2, -0.15) is 22.0 Å². The third-order valence-corrected chi connectivity index (χ3v) is 2.21. The molecule has 0 aromatic heterocycles. The maximum atomic E-state index is 12.1. The Morgan fingerprint density at radius 1 is 1.26 bits per heavy atom. The summed E-state index contributed by atoms with van der Waals surface area (Å²) >= 11 is 0. The number of nitrogens with one attached hydrogen (secondary N) is 1. The second kappa shape index (κ2) is 5.85. The van der Waals surface area contributed by atoms with E-state index in [0.717, 1.165) is 0 Å². The number of benzene rings is 1. The Labute approximate surface area is 105 Å². The molecule has 0 spiro atoms. The van der Waals surface area contributed by atoms with Gasteiger partial charge >= 0.3 is 18.7 Å². The van der Waals surface area contributed by atoms with E-state index in [1.54, 1.807) is 5.32 Å². The van der Waals surface area contributed by atoms with E-state index in [-0.39, 0.29) is 11.3 Å². The van der Waals surface area contributed by atoms with Gasteiger partial charge in [0.15, 0.2) is 0 Å². The van der Waals surface area contributed by atoms with Crippen molar-refractivity contribution in [3.05, 3.63) is 29.8 Å². The number of rotatable bonds is 4. The van der Waals surface area contributed by atoms with Gasteiger partial charge in [0.1, 0.15) is 5.75 Å². The normalized spacial score (nSPS) is 13.2. The molecule has 1 atom stereocenters. The molecule has 19 heavy (non-hydrogen) atoms. The predicted molar refractivity (Wildman–Crippen MR) is 55.7 cm³/mol. The molecule has 0 saturated carbocycles. The number of amides is 1. The summed E-state index contributed by atoms with van der Waals surface area (Å²) in [6.07, 6.45) is -5.03. The molecule has 1 N–H and O–H groups in total. The van der Waals surface area contributed by atoms with E-state index in [4.69, 9.17) is 0 Å². The van der Waals surface area contributed by atoms with E-state index >= 15 is 0 Å². The number of carbonyl (C=O) groups excluding carboxylic acids is 1. The van der Waals surface area contributed by atoms with Crippen LogP contribution in [0.2, 0.25) is 0 Å². The lowest BCUT2D eigenvalue weighted by Gasteiger charge is -2.18. The van der Waals surface area contributed by atoms with Crippen LogP contribution < -0.4 is 10.1 Å². The number of carbonyl (C=O) groups is 1. The Kier molecular flexibility index (Phi) is 4.68. The summed E-state index contributed by atoms with van der Waals surface area (Å²) in [6, 6.07) is 4.17. The summed E-state index contributed by atoms with van der Waals surface area (Å²) in [5, 5.41) is 1.66. The maximum Gasteiger partial charge on any atom is 0.471 e. The zero-order valence-electron chi connectivity index (χ0n) is 9.67. The van der Waals surface area contributed by atoms with Gasteiger partial charge in [-0.15, -0.1) is 0 Å². The van der Waals surface area contributed by atoms with Crippen LogP contribution in [0.4, 0.5) is 22.0 Å². The molecule has 0 aliphatic heterocycles. The van der Waals surface area contributed by atoms with Gasteiger partial charge in [-0.3, -0.25) is 4.79 Å². The first-order chi connectivity index (χ1) is 8.71. The number of halogens is 5. The van der Waals surface area contributed by atoms with Crippen LogP contribution >= 0.6 is 0 Å². The minimum Gasteiger partial charge on any atom is -0.434 e. The number of hydrogen-bond acceptors (Lipinski definition) is 2. The van der Waals surface area contributed by atoms with Crippen molar-refractivity contribution in [2.24, 2.45) is 0 Å². The highest BCUT2D eigenvalue weighted by molar-refractivity contribution is 5.82. The molecule has 0 radical (unpaired) electrons. The van der Waals surface area contributed by atoms with E-state index in [1.807, 2.05) is 0 Å². The molecule has 1 rings (SSSR count). The fourth-order valence-electron chi connectivity index (χ4n) is 1.40. The van der Waals surface area contributed by atoms with E-state index in [2.05, 4.69) is 4.74 Å². The Morgan fingerprint density at radius 2 is 1.84 bits per heavy atom. The van der Waals surface area contributed by atoms with Gasteiger partial charge in [-0.05, 0) is 13.0 Å². The molecule has 0 bridgehead atoms. The molecule has 0 aliphatic rings. The number of hydrogen-bond donors (Lipinski definition) is 1. The Morgan fingerprint density at radius 3 is 2.37 bits per heavy atom. The Hall–Kier alpha value is -1.86. The third-order valence-electron chi connectivity index (χ3n) is 2.21. The summed E-state index contributed by atoms with van der Waals surface area (Å²) in [5.41, 5.74) is 0.0281. The van der Waals surface area contributed by atoms with Gasteiger partial charge in [0.25, 0.3) is 0 Å². The summed E-state index contributed by atoms with van der Waals surface area (Å²) in [5.74, 6) is -2.43. The fraction of sp³-hybridized carbons (Fsp3) is 0.364. The molecule has 1 aromatic carbocycles. The number of ether oxygens (including phenoxy) is 1. The van der Waals surface area contributed by atoms with Crippen molar-refractivity contribution in [3.63, 3.8) is 0 Å². The predicted octanol–water partition coefficient (Wildman–Crippen LogP) is 3.03. The maximum absolute atomic E-state index is 12.1. The van der Waals surface area contributed by atoms with Crippen molar-refractivity contribution in [1.82, 2.24) is 5.32 Å². The smallest absolute Gasteiger partial charge is 0.434 e. The highest BCUT2D eigenvalue weighted by Crippen LogP contribution is 2.27. The van der Waals surface area contributed by atoms with Crippen LogP contribution in [-0.4, -0.2) is 18.7 Å². The molecular weight excluding hydrogens is 273 g/mol. The molecule has 0 heterocycles. The Bertz CT molecular complexity index is 447. The van der Waals surface area contributed by atoms with Crippen molar-refractivity contribution in [2.45, 2.75) is 25.8 Å². The average Bonchev–Trinajstić information content (AvgIpc) is 2.27. The topological polar surface area (TPSA) is 38.3 Å². The largest absolute Gasteiger partial charge is 0.471 e. The van der Waals surface area contributed by atoms with Gasteiger partial charge < -0.3 is 10.1 Å². The number of alkyl halides is 5. The first kappa shape index (κ1) is 15.2. The molecule has 1 amide bonds. The van der Waals surface area contributed by atoms with Crippen molar-refractivity contribution in [2.75, 3.05) is 0 Å². The quantitative estimate of drug-likeness (QED) is 0.863. The minimum atomic E-state index is -5.03. The zero-order valence-corrected chi connectivity index (χ0v) is 9.67. The molecule has 106 valence electrons. The number of para-hydroxylation sites is 1.